The largest absolute Gasteiger partial charge is 0.325 e. The van der Waals surface area contributed by atoms with Gasteiger partial charge >= 0.3 is 0 Å². The van der Waals surface area contributed by atoms with Crippen molar-refractivity contribution >= 4 is 21.6 Å². The second-order valence-electron chi connectivity index (χ2n) is 7.62. The molecule has 156 valence electrons. The van der Waals surface area contributed by atoms with E-state index in [9.17, 15) is 13.2 Å². The highest BCUT2D eigenvalue weighted by Crippen LogP contribution is 2.20. The van der Waals surface area contributed by atoms with Gasteiger partial charge in [0, 0.05) is 5.69 Å². The van der Waals surface area contributed by atoms with Crippen LogP contribution in [0.25, 0.3) is 0 Å². The van der Waals surface area contributed by atoms with Gasteiger partial charge in [-0.1, -0.05) is 44.2 Å². The normalized spacial score (nSPS) is 17.0. The number of piperazine rings is 1. The molecule has 29 heavy (non-hydrogen) atoms. The summed E-state index contributed by atoms with van der Waals surface area (Å²) >= 11 is 0. The predicted molar refractivity (Wildman–Crippen MR) is 115 cm³/mol. The molecule has 1 aliphatic rings. The minimum atomic E-state index is -3.46. The lowest BCUT2D eigenvalue weighted by Gasteiger charge is -2.31. The van der Waals surface area contributed by atoms with Gasteiger partial charge in [0.05, 0.1) is 31.1 Å². The molecule has 1 saturated heterocycles. The average molecular weight is 417 g/mol. The summed E-state index contributed by atoms with van der Waals surface area (Å²) in [6, 6.07) is 16.5. The number of carbonyl (C=O) groups excluding carboxylic acids is 1. The standard InChI is InChI=1S/C22H29N3O3S/c1-3-18(2)19-9-11-20(12-10-19)23-22(26)17-24-13-15-25(16-14-24)29(27,28)21-7-5-4-6-8-21/h4-12,18H,3,13-17H2,1-2H3,(H,23,26)/p+1/t18-/m1/s1. The van der Waals surface area contributed by atoms with Gasteiger partial charge in [-0.25, -0.2) is 8.42 Å². The summed E-state index contributed by atoms with van der Waals surface area (Å²) < 4.78 is 26.9. The predicted octanol–water partition coefficient (Wildman–Crippen LogP) is 1.73. The van der Waals surface area contributed by atoms with Crippen LogP contribution in [0.3, 0.4) is 0 Å². The van der Waals surface area contributed by atoms with Crippen LogP contribution >= 0.6 is 0 Å². The Hall–Kier alpha value is -2.22. The SMILES string of the molecule is CC[C@@H](C)c1ccc(NC(=O)C[NH+]2CCN(S(=O)(=O)c3ccccc3)CC2)cc1. The van der Waals surface area contributed by atoms with Crippen molar-refractivity contribution in [3.63, 3.8) is 0 Å². The minimum absolute atomic E-state index is 0.0457. The van der Waals surface area contributed by atoms with Crippen molar-refractivity contribution in [2.24, 2.45) is 0 Å². The van der Waals surface area contributed by atoms with Gasteiger partial charge in [-0.3, -0.25) is 4.79 Å². The van der Waals surface area contributed by atoms with Crippen molar-refractivity contribution in [1.29, 1.82) is 0 Å². The maximum Gasteiger partial charge on any atom is 0.279 e. The number of sulfonamides is 1. The van der Waals surface area contributed by atoms with E-state index in [1.165, 1.54) is 9.87 Å². The quantitative estimate of drug-likeness (QED) is 0.722. The summed E-state index contributed by atoms with van der Waals surface area (Å²) in [4.78, 5) is 13.8. The van der Waals surface area contributed by atoms with E-state index < -0.39 is 10.0 Å². The Kier molecular flexibility index (Phi) is 7.05. The van der Waals surface area contributed by atoms with Gasteiger partial charge < -0.3 is 10.2 Å². The lowest BCUT2D eigenvalue weighted by Crippen LogP contribution is -3.15. The summed E-state index contributed by atoms with van der Waals surface area (Å²) in [5.74, 6) is 0.461. The van der Waals surface area contributed by atoms with Gasteiger partial charge in [-0.2, -0.15) is 4.31 Å². The minimum Gasteiger partial charge on any atom is -0.325 e. The summed E-state index contributed by atoms with van der Waals surface area (Å²) in [6.07, 6.45) is 1.08. The van der Waals surface area contributed by atoms with Crippen molar-refractivity contribution in [2.45, 2.75) is 31.1 Å². The van der Waals surface area contributed by atoms with Gasteiger partial charge in [0.15, 0.2) is 6.54 Å². The summed E-state index contributed by atoms with van der Waals surface area (Å²) in [6.45, 7) is 6.76. The lowest BCUT2D eigenvalue weighted by molar-refractivity contribution is -0.895. The van der Waals surface area contributed by atoms with Gasteiger partial charge in [0.25, 0.3) is 5.91 Å². The molecule has 1 heterocycles. The number of nitrogens with zero attached hydrogens (tertiary/aromatic N) is 1. The van der Waals surface area contributed by atoms with Crippen LogP contribution in [-0.4, -0.2) is 51.4 Å². The van der Waals surface area contributed by atoms with Crippen LogP contribution in [0.4, 0.5) is 5.69 Å². The molecular formula is C22H30N3O3S+. The molecule has 1 atom stereocenters. The fourth-order valence-electron chi connectivity index (χ4n) is 3.52. The van der Waals surface area contributed by atoms with E-state index in [0.29, 0.717) is 43.5 Å². The molecule has 6 nitrogen and oxygen atoms in total. The van der Waals surface area contributed by atoms with E-state index in [4.69, 9.17) is 0 Å². The maximum atomic E-state index is 12.7. The molecule has 0 saturated carbocycles. The Morgan fingerprint density at radius 1 is 1.07 bits per heavy atom. The van der Waals surface area contributed by atoms with Crippen LogP contribution < -0.4 is 10.2 Å². The number of amides is 1. The molecule has 0 aromatic heterocycles. The number of quaternary nitrogens is 1. The Labute approximate surface area is 173 Å². The van der Waals surface area contributed by atoms with Crippen molar-refractivity contribution in [2.75, 3.05) is 38.0 Å². The summed E-state index contributed by atoms with van der Waals surface area (Å²) in [7, 11) is -3.46. The highest BCUT2D eigenvalue weighted by atomic mass is 32.2. The fraction of sp³-hybridized carbons (Fsp3) is 0.409. The van der Waals surface area contributed by atoms with E-state index in [1.54, 1.807) is 30.3 Å². The lowest BCUT2D eigenvalue weighted by atomic mass is 9.99. The van der Waals surface area contributed by atoms with Crippen LogP contribution in [0, 0.1) is 0 Å². The second kappa shape index (κ2) is 9.52. The molecule has 1 amide bonds. The molecule has 0 aliphatic carbocycles. The first-order chi connectivity index (χ1) is 13.9. The molecule has 3 rings (SSSR count). The molecule has 2 aromatic rings. The first-order valence-electron chi connectivity index (χ1n) is 10.2. The Morgan fingerprint density at radius 2 is 1.69 bits per heavy atom. The van der Waals surface area contributed by atoms with Gasteiger partial charge in [0.2, 0.25) is 10.0 Å². The number of anilines is 1. The third-order valence-corrected chi connectivity index (χ3v) is 7.51. The molecule has 0 bridgehead atoms. The monoisotopic (exact) mass is 416 g/mol. The van der Waals surface area contributed by atoms with Crippen LogP contribution in [-0.2, 0) is 14.8 Å². The van der Waals surface area contributed by atoms with Gasteiger partial charge in [0.1, 0.15) is 0 Å². The molecule has 0 radical (unpaired) electrons. The van der Waals surface area contributed by atoms with Crippen molar-refractivity contribution in [1.82, 2.24) is 4.31 Å². The maximum absolute atomic E-state index is 12.7. The van der Waals surface area contributed by atoms with Crippen LogP contribution in [0.15, 0.2) is 59.5 Å². The molecule has 1 fully saturated rings. The summed E-state index contributed by atoms with van der Waals surface area (Å²) in [5, 5.41) is 2.95. The number of nitrogens with one attached hydrogen (secondary N) is 2. The Bertz CT molecular complexity index is 906. The van der Waals surface area contributed by atoms with Gasteiger partial charge in [-0.05, 0) is 42.2 Å². The van der Waals surface area contributed by atoms with E-state index in [0.717, 1.165) is 17.0 Å². The third-order valence-electron chi connectivity index (χ3n) is 5.60. The Morgan fingerprint density at radius 3 is 2.28 bits per heavy atom. The van der Waals surface area contributed by atoms with E-state index in [2.05, 4.69) is 31.3 Å². The topological polar surface area (TPSA) is 70.9 Å². The van der Waals surface area contributed by atoms with Crippen molar-refractivity contribution in [3.8, 4) is 0 Å². The van der Waals surface area contributed by atoms with E-state index in [-0.39, 0.29) is 5.91 Å². The number of rotatable bonds is 7. The van der Waals surface area contributed by atoms with Crippen molar-refractivity contribution in [3.05, 3.63) is 60.2 Å². The zero-order valence-electron chi connectivity index (χ0n) is 17.1. The average Bonchev–Trinajstić information content (AvgIpc) is 2.74. The molecule has 0 spiro atoms. The second-order valence-corrected chi connectivity index (χ2v) is 9.56. The first-order valence-corrected chi connectivity index (χ1v) is 11.6. The highest BCUT2D eigenvalue weighted by Gasteiger charge is 2.30. The number of hydrogen-bond acceptors (Lipinski definition) is 3. The molecule has 2 N–H and O–H groups in total. The van der Waals surface area contributed by atoms with E-state index >= 15 is 0 Å². The number of hydrogen-bond donors (Lipinski definition) is 2. The van der Waals surface area contributed by atoms with E-state index in [1.807, 2.05) is 12.1 Å². The Balaban J connectivity index is 1.50. The van der Waals surface area contributed by atoms with Crippen LogP contribution in [0.5, 0.6) is 0 Å². The van der Waals surface area contributed by atoms with Gasteiger partial charge in [-0.15, -0.1) is 0 Å². The van der Waals surface area contributed by atoms with Crippen molar-refractivity contribution < 1.29 is 18.1 Å². The molecule has 7 heteroatoms. The number of carbonyl (C=O) groups is 1. The first kappa shape index (κ1) is 21.5. The van der Waals surface area contributed by atoms with Crippen LogP contribution in [0.2, 0.25) is 0 Å². The number of benzene rings is 2. The molecule has 0 unspecified atom stereocenters. The summed E-state index contributed by atoms with van der Waals surface area (Å²) in [5.41, 5.74) is 2.07. The zero-order valence-corrected chi connectivity index (χ0v) is 17.9. The highest BCUT2D eigenvalue weighted by molar-refractivity contribution is 7.89. The smallest absolute Gasteiger partial charge is 0.279 e. The molecule has 1 aliphatic heterocycles. The van der Waals surface area contributed by atoms with Crippen LogP contribution in [0.1, 0.15) is 31.7 Å². The molecular weight excluding hydrogens is 386 g/mol. The zero-order chi connectivity index (χ0) is 20.9. The third kappa shape index (κ3) is 5.44. The molecule has 2 aromatic carbocycles. The fourth-order valence-corrected chi connectivity index (χ4v) is 4.99.